The third-order valence-electron chi connectivity index (χ3n) is 2.43. The third kappa shape index (κ3) is 10.6. The fourth-order valence-electron chi connectivity index (χ4n) is 1.34. The van der Waals surface area contributed by atoms with Gasteiger partial charge in [0.05, 0.1) is 6.54 Å². The molecule has 0 saturated carbocycles. The van der Waals surface area contributed by atoms with E-state index in [0.717, 1.165) is 5.01 Å². The molecule has 0 aromatic rings. The van der Waals surface area contributed by atoms with Crippen LogP contribution >= 0.6 is 0 Å². The Labute approximate surface area is 141 Å². The van der Waals surface area contributed by atoms with Crippen LogP contribution in [-0.2, 0) is 9.88 Å². The molecule has 1 amide bonds. The van der Waals surface area contributed by atoms with Crippen molar-refractivity contribution < 1.29 is 19.8 Å². The van der Waals surface area contributed by atoms with Gasteiger partial charge in [0.1, 0.15) is 6.26 Å². The summed E-state index contributed by atoms with van der Waals surface area (Å²) in [5.74, 6) is 0. The first-order valence-electron chi connectivity index (χ1n) is 7.21. The molecular weight excluding hydrogens is 308 g/mol. The number of allylic oxidation sites excluding steroid dienone is 14. The van der Waals surface area contributed by atoms with Crippen LogP contribution in [0.4, 0.5) is 4.79 Å². The molecule has 6 nitrogen and oxygen atoms in total. The van der Waals surface area contributed by atoms with E-state index < -0.39 is 6.09 Å². The number of hydrazine groups is 1. The lowest BCUT2D eigenvalue weighted by Gasteiger charge is -2.15. The van der Waals surface area contributed by atoms with Gasteiger partial charge >= 0.3 is 6.09 Å². The highest BCUT2D eigenvalue weighted by atomic mass is 17.3. The van der Waals surface area contributed by atoms with Crippen LogP contribution in [-0.4, -0.2) is 22.8 Å². The molecule has 6 heteroatoms. The first kappa shape index (κ1) is 19.0. The average molecular weight is 328 g/mol. The number of nitrogens with zero attached hydrogens (tertiary/aromatic N) is 1. The molecule has 0 unspecified atom stereocenters. The number of hydrogen-bond acceptors (Lipinski definition) is 4. The van der Waals surface area contributed by atoms with Crippen LogP contribution in [0.3, 0.4) is 0 Å². The van der Waals surface area contributed by atoms with Crippen molar-refractivity contribution in [1.82, 2.24) is 10.6 Å². The number of hydrogen-bond donors (Lipinski definition) is 2. The van der Waals surface area contributed by atoms with Crippen molar-refractivity contribution in [2.24, 2.45) is 0 Å². The van der Waals surface area contributed by atoms with Crippen molar-refractivity contribution in [2.45, 2.75) is 0 Å². The Morgan fingerprint density at radius 2 is 1.25 bits per heavy atom. The summed E-state index contributed by atoms with van der Waals surface area (Å²) in [6.45, 7) is 0.0891. The molecule has 0 atom stereocenters. The molecule has 0 aromatic heterocycles. The summed E-state index contributed by atoms with van der Waals surface area (Å²) in [4.78, 5) is 20.2. The van der Waals surface area contributed by atoms with E-state index in [-0.39, 0.29) is 6.54 Å². The molecule has 1 aliphatic heterocycles. The van der Waals surface area contributed by atoms with E-state index in [2.05, 4.69) is 15.5 Å². The Kier molecular flexibility index (Phi) is 10.7. The van der Waals surface area contributed by atoms with Crippen LogP contribution in [0.5, 0.6) is 0 Å². The second kappa shape index (κ2) is 13.6. The maximum atomic E-state index is 11.0. The summed E-state index contributed by atoms with van der Waals surface area (Å²) in [5, 5.41) is 9.82. The van der Waals surface area contributed by atoms with Crippen LogP contribution in [0.1, 0.15) is 0 Å². The smallest absolute Gasteiger partial charge is 0.424 e. The summed E-state index contributed by atoms with van der Waals surface area (Å²) >= 11 is 0. The second-order valence-electron chi connectivity index (χ2n) is 4.23. The quantitative estimate of drug-likeness (QED) is 0.663. The normalized spacial score (nSPS) is 16.8. The molecule has 0 radical (unpaired) electrons. The van der Waals surface area contributed by atoms with Crippen LogP contribution < -0.4 is 5.59 Å². The van der Waals surface area contributed by atoms with E-state index in [1.807, 2.05) is 60.8 Å². The fraction of sp³-hybridized carbons (Fsp3) is 0.0556. The van der Waals surface area contributed by atoms with Crippen molar-refractivity contribution >= 4 is 6.09 Å². The minimum atomic E-state index is -1.20. The monoisotopic (exact) mass is 328 g/mol. The molecular formula is C18H20N2O4. The Morgan fingerprint density at radius 3 is 1.75 bits per heavy atom. The van der Waals surface area contributed by atoms with Crippen molar-refractivity contribution in [1.29, 1.82) is 0 Å². The van der Waals surface area contributed by atoms with Gasteiger partial charge < -0.3 is 9.99 Å². The predicted octanol–water partition coefficient (Wildman–Crippen LogP) is 3.75. The van der Waals surface area contributed by atoms with Crippen LogP contribution in [0.25, 0.3) is 0 Å². The van der Waals surface area contributed by atoms with Crippen molar-refractivity contribution in [3.05, 3.63) is 97.4 Å². The molecule has 1 heterocycles. The van der Waals surface area contributed by atoms with E-state index in [4.69, 9.17) is 5.11 Å². The molecule has 0 saturated heterocycles. The van der Waals surface area contributed by atoms with E-state index in [9.17, 15) is 4.79 Å². The van der Waals surface area contributed by atoms with Gasteiger partial charge in [0.25, 0.3) is 0 Å². The average Bonchev–Trinajstić information content (AvgIpc) is 2.57. The summed E-state index contributed by atoms with van der Waals surface area (Å²) in [6, 6.07) is 0. The fourth-order valence-corrected chi connectivity index (χ4v) is 1.34. The molecule has 24 heavy (non-hydrogen) atoms. The number of rotatable bonds is 0. The Morgan fingerprint density at radius 1 is 0.792 bits per heavy atom. The number of amides is 1. The summed E-state index contributed by atoms with van der Waals surface area (Å²) < 4.78 is 0. The highest BCUT2D eigenvalue weighted by Crippen LogP contribution is 1.90. The van der Waals surface area contributed by atoms with Gasteiger partial charge in [0.2, 0.25) is 0 Å². The third-order valence-corrected chi connectivity index (χ3v) is 2.43. The van der Waals surface area contributed by atoms with E-state index >= 15 is 0 Å². The zero-order chi connectivity index (χ0) is 17.3. The molecule has 0 aliphatic carbocycles. The SMILES string of the molecule is O=C(O)N1CC=CC=CC=CC=CC=CC=CC=CC=COON1. The number of nitrogens with one attached hydrogen (secondary N) is 1. The molecule has 1 rings (SSSR count). The molecule has 0 aromatic carbocycles. The molecule has 126 valence electrons. The molecule has 0 bridgehead atoms. The first-order chi connectivity index (χ1) is 11.8. The van der Waals surface area contributed by atoms with E-state index in [1.54, 1.807) is 30.4 Å². The number of carbonyl (C=O) groups is 1. The highest BCUT2D eigenvalue weighted by molar-refractivity contribution is 5.64. The minimum absolute atomic E-state index is 0.0891. The molecule has 2 N–H and O–H groups in total. The standard InChI is InChI=1S/C18H20N2O4/c21-18(22)20-16-14-12-10-8-6-4-2-1-3-5-7-9-11-13-15-17-23-24-19-20/h1-15,17,19H,16H2,(H,21,22). The Hall–Kier alpha value is -3.09. The molecule has 1 aliphatic rings. The zero-order valence-corrected chi connectivity index (χ0v) is 13.1. The van der Waals surface area contributed by atoms with Gasteiger partial charge in [0, 0.05) is 0 Å². The number of carboxylic acid groups (broad SMARTS) is 1. The van der Waals surface area contributed by atoms with E-state index in [1.165, 1.54) is 6.26 Å². The maximum absolute atomic E-state index is 11.0. The molecule has 0 fully saturated rings. The summed E-state index contributed by atoms with van der Waals surface area (Å²) in [6.07, 6.45) is 27.4. The maximum Gasteiger partial charge on any atom is 0.424 e. The minimum Gasteiger partial charge on any atom is -0.464 e. The van der Waals surface area contributed by atoms with Crippen LogP contribution in [0.2, 0.25) is 0 Å². The topological polar surface area (TPSA) is 71.0 Å². The van der Waals surface area contributed by atoms with Gasteiger partial charge in [0.15, 0.2) is 0 Å². The first-order valence-corrected chi connectivity index (χ1v) is 7.21. The van der Waals surface area contributed by atoms with Crippen molar-refractivity contribution in [2.75, 3.05) is 6.54 Å². The van der Waals surface area contributed by atoms with Gasteiger partial charge in [-0.1, -0.05) is 95.6 Å². The Balaban J connectivity index is 2.67. The highest BCUT2D eigenvalue weighted by Gasteiger charge is 2.09. The largest absolute Gasteiger partial charge is 0.464 e. The van der Waals surface area contributed by atoms with Gasteiger partial charge in [-0.3, -0.25) is 0 Å². The van der Waals surface area contributed by atoms with Gasteiger partial charge in [-0.05, 0) is 6.08 Å². The summed E-state index contributed by atoms with van der Waals surface area (Å²) in [7, 11) is 0. The van der Waals surface area contributed by atoms with Gasteiger partial charge in [-0.2, -0.15) is 0 Å². The van der Waals surface area contributed by atoms with Crippen molar-refractivity contribution in [3.63, 3.8) is 0 Å². The van der Waals surface area contributed by atoms with E-state index in [0.29, 0.717) is 0 Å². The van der Waals surface area contributed by atoms with Crippen LogP contribution in [0, 0.1) is 0 Å². The lowest BCUT2D eigenvalue weighted by Crippen LogP contribution is -2.41. The van der Waals surface area contributed by atoms with Gasteiger partial charge in [-0.15, -0.1) is 0 Å². The summed E-state index contributed by atoms with van der Waals surface area (Å²) in [5.41, 5.74) is 2.16. The zero-order valence-electron chi connectivity index (χ0n) is 13.1. The van der Waals surface area contributed by atoms with Crippen LogP contribution in [0.15, 0.2) is 97.4 Å². The Bertz CT molecular complexity index is 596. The predicted molar refractivity (Wildman–Crippen MR) is 93.2 cm³/mol. The van der Waals surface area contributed by atoms with Crippen molar-refractivity contribution in [3.8, 4) is 0 Å². The molecule has 0 spiro atoms. The second-order valence-corrected chi connectivity index (χ2v) is 4.23. The van der Waals surface area contributed by atoms with Gasteiger partial charge in [-0.25, -0.2) is 9.80 Å². The lowest BCUT2D eigenvalue weighted by molar-refractivity contribution is -0.328. The lowest BCUT2D eigenvalue weighted by atomic mass is 10.3.